The maximum atomic E-state index is 3.91. The second kappa shape index (κ2) is 2.71. The van der Waals surface area contributed by atoms with Gasteiger partial charge in [-0.3, -0.25) is 0 Å². The summed E-state index contributed by atoms with van der Waals surface area (Å²) in [5.41, 5.74) is 1.59. The molecule has 49 valence electrons. The first kappa shape index (κ1) is 7.09. The van der Waals surface area contributed by atoms with E-state index in [0.717, 1.165) is 5.52 Å². The van der Waals surface area contributed by atoms with E-state index in [1.165, 1.54) is 6.33 Å². The predicted octanol–water partition coefficient (Wildman–Crippen LogP) is 1.21. The molecule has 0 spiro atoms. The van der Waals surface area contributed by atoms with Gasteiger partial charge >= 0.3 is 0 Å². The van der Waals surface area contributed by atoms with Crippen LogP contribution in [0.5, 0.6) is 0 Å². The second-order valence-electron chi connectivity index (χ2n) is 1.66. The lowest BCUT2D eigenvalue weighted by atomic mass is 10.6. The Labute approximate surface area is 60.7 Å². The summed E-state index contributed by atoms with van der Waals surface area (Å²) >= 11 is 0. The quantitative estimate of drug-likeness (QED) is 0.576. The van der Waals surface area contributed by atoms with Crippen LogP contribution >= 0.6 is 9.90 Å². The molecule has 2 aromatic rings. The molecule has 2 heterocycles. The molecule has 0 aliphatic carbocycles. The highest BCUT2D eigenvalue weighted by Crippen LogP contribution is 1.99. The zero-order chi connectivity index (χ0) is 6.10. The normalized spacial score (nSPS) is 9.20. The summed E-state index contributed by atoms with van der Waals surface area (Å²) in [5, 5.41) is 0. The number of fused-ring (bicyclic) bond motifs is 1. The summed E-state index contributed by atoms with van der Waals surface area (Å²) in [5.74, 6) is 0. The Bertz CT molecular complexity index is 288. The SMILES string of the molecule is [P].c1ncc2[nH]cnc2n1. The van der Waals surface area contributed by atoms with Crippen LogP contribution in [-0.4, -0.2) is 19.9 Å². The first-order chi connectivity index (χ1) is 4.47. The van der Waals surface area contributed by atoms with Crippen molar-refractivity contribution in [1.82, 2.24) is 19.9 Å². The van der Waals surface area contributed by atoms with E-state index in [9.17, 15) is 0 Å². The van der Waals surface area contributed by atoms with Crippen molar-refractivity contribution in [2.75, 3.05) is 0 Å². The van der Waals surface area contributed by atoms with E-state index in [1.807, 2.05) is 0 Å². The maximum Gasteiger partial charge on any atom is 0.180 e. The van der Waals surface area contributed by atoms with Gasteiger partial charge in [-0.25, -0.2) is 15.0 Å². The third-order valence-electron chi connectivity index (χ3n) is 1.10. The monoisotopic (exact) mass is 151 g/mol. The Morgan fingerprint density at radius 1 is 1.30 bits per heavy atom. The van der Waals surface area contributed by atoms with E-state index in [4.69, 9.17) is 0 Å². The van der Waals surface area contributed by atoms with Gasteiger partial charge < -0.3 is 4.98 Å². The van der Waals surface area contributed by atoms with Crippen molar-refractivity contribution in [2.24, 2.45) is 0 Å². The summed E-state index contributed by atoms with van der Waals surface area (Å²) in [6, 6.07) is 0. The van der Waals surface area contributed by atoms with Crippen LogP contribution in [0.25, 0.3) is 11.2 Å². The molecule has 0 aromatic carbocycles. The Hall–Kier alpha value is -1.02. The molecule has 0 amide bonds. The molecular weight excluding hydrogens is 147 g/mol. The molecule has 10 heavy (non-hydrogen) atoms. The second-order valence-corrected chi connectivity index (χ2v) is 1.66. The number of rotatable bonds is 0. The van der Waals surface area contributed by atoms with Crippen molar-refractivity contribution in [3.63, 3.8) is 0 Å². The highest BCUT2D eigenvalue weighted by Gasteiger charge is 1.91. The highest BCUT2D eigenvalue weighted by molar-refractivity contribution is 6.92. The Morgan fingerprint density at radius 3 is 3.00 bits per heavy atom. The van der Waals surface area contributed by atoms with E-state index >= 15 is 0 Å². The molecule has 0 unspecified atom stereocenters. The fourth-order valence-corrected chi connectivity index (χ4v) is 0.691. The summed E-state index contributed by atoms with van der Waals surface area (Å²) in [6.45, 7) is 0. The lowest BCUT2D eigenvalue weighted by Crippen LogP contribution is -1.76. The van der Waals surface area contributed by atoms with Gasteiger partial charge in [0.25, 0.3) is 0 Å². The topological polar surface area (TPSA) is 54.5 Å². The van der Waals surface area contributed by atoms with Crippen LogP contribution in [0.1, 0.15) is 0 Å². The highest BCUT2D eigenvalue weighted by atomic mass is 31.0. The number of H-pyrrole nitrogens is 1. The number of nitrogens with zero attached hydrogens (tertiary/aromatic N) is 3. The van der Waals surface area contributed by atoms with Gasteiger partial charge in [0.1, 0.15) is 11.8 Å². The fourth-order valence-electron chi connectivity index (χ4n) is 0.691. The molecular formula is C5H4N4P. The molecule has 3 radical (unpaired) electrons. The van der Waals surface area contributed by atoms with Crippen LogP contribution in [0.2, 0.25) is 0 Å². The van der Waals surface area contributed by atoms with Crippen molar-refractivity contribution in [1.29, 1.82) is 0 Å². The first-order valence-electron chi connectivity index (χ1n) is 2.56. The van der Waals surface area contributed by atoms with Gasteiger partial charge in [-0.1, -0.05) is 0 Å². The van der Waals surface area contributed by atoms with Crippen molar-refractivity contribution < 1.29 is 0 Å². The molecule has 0 aliphatic heterocycles. The van der Waals surface area contributed by atoms with Gasteiger partial charge in [0.15, 0.2) is 5.65 Å². The van der Waals surface area contributed by atoms with Gasteiger partial charge in [-0.2, -0.15) is 0 Å². The van der Waals surface area contributed by atoms with Crippen molar-refractivity contribution in [3.8, 4) is 0 Å². The summed E-state index contributed by atoms with van der Waals surface area (Å²) < 4.78 is 0. The maximum absolute atomic E-state index is 3.91. The Kier molecular flexibility index (Phi) is 1.92. The van der Waals surface area contributed by atoms with Crippen LogP contribution in [0.4, 0.5) is 0 Å². The van der Waals surface area contributed by atoms with Crippen molar-refractivity contribution >= 4 is 21.1 Å². The minimum atomic E-state index is 0. The molecule has 2 rings (SSSR count). The van der Waals surface area contributed by atoms with Gasteiger partial charge in [0.05, 0.1) is 12.5 Å². The Morgan fingerprint density at radius 2 is 2.20 bits per heavy atom. The van der Waals surface area contributed by atoms with Crippen molar-refractivity contribution in [2.45, 2.75) is 0 Å². The number of imidazole rings is 1. The number of hydrogen-bond acceptors (Lipinski definition) is 3. The van der Waals surface area contributed by atoms with Gasteiger partial charge in [-0.15, -0.1) is 0 Å². The molecule has 2 aromatic heterocycles. The average molecular weight is 151 g/mol. The number of aromatic nitrogens is 4. The summed E-state index contributed by atoms with van der Waals surface area (Å²) in [7, 11) is 0. The van der Waals surface area contributed by atoms with E-state index in [-0.39, 0.29) is 9.90 Å². The molecule has 4 nitrogen and oxygen atoms in total. The average Bonchev–Trinajstić information content (AvgIpc) is 2.33. The standard InChI is InChI=1S/C5H4N4.P/c1-4-5(8-2-6-1)9-3-7-4;/h1-3H,(H,6,7,8,9);. The summed E-state index contributed by atoms with van der Waals surface area (Å²) in [4.78, 5) is 14.5. The molecule has 0 atom stereocenters. The number of aromatic amines is 1. The minimum Gasteiger partial charge on any atom is -0.342 e. The van der Waals surface area contributed by atoms with Gasteiger partial charge in [0.2, 0.25) is 0 Å². The first-order valence-corrected chi connectivity index (χ1v) is 2.56. The van der Waals surface area contributed by atoms with Crippen LogP contribution in [0.15, 0.2) is 18.9 Å². The third-order valence-corrected chi connectivity index (χ3v) is 1.10. The van der Waals surface area contributed by atoms with E-state index < -0.39 is 0 Å². The predicted molar refractivity (Wildman–Crippen MR) is 38.6 cm³/mol. The lowest BCUT2D eigenvalue weighted by Gasteiger charge is -1.80. The van der Waals surface area contributed by atoms with Crippen LogP contribution < -0.4 is 0 Å². The molecule has 0 bridgehead atoms. The fraction of sp³-hybridized carbons (Fsp3) is 0. The zero-order valence-corrected chi connectivity index (χ0v) is 5.92. The Balaban J connectivity index is 0.000000500. The number of nitrogens with one attached hydrogen (secondary N) is 1. The molecule has 5 heteroatoms. The van der Waals surface area contributed by atoms with Crippen molar-refractivity contribution in [3.05, 3.63) is 18.9 Å². The van der Waals surface area contributed by atoms with Crippen LogP contribution in [0.3, 0.4) is 0 Å². The van der Waals surface area contributed by atoms with E-state index in [0.29, 0.717) is 5.65 Å². The van der Waals surface area contributed by atoms with Crippen LogP contribution in [-0.2, 0) is 0 Å². The van der Waals surface area contributed by atoms with E-state index in [2.05, 4.69) is 19.9 Å². The molecule has 0 aliphatic rings. The zero-order valence-electron chi connectivity index (χ0n) is 5.02. The molecule has 0 saturated carbocycles. The molecule has 0 fully saturated rings. The third kappa shape index (κ3) is 0.977. The largest absolute Gasteiger partial charge is 0.342 e. The molecule has 1 N–H and O–H groups in total. The van der Waals surface area contributed by atoms with E-state index in [1.54, 1.807) is 12.5 Å². The molecule has 0 saturated heterocycles. The lowest BCUT2D eigenvalue weighted by molar-refractivity contribution is 1.20. The summed E-state index contributed by atoms with van der Waals surface area (Å²) in [6.07, 6.45) is 4.76. The smallest absolute Gasteiger partial charge is 0.180 e. The van der Waals surface area contributed by atoms with Gasteiger partial charge in [-0.05, 0) is 0 Å². The minimum absolute atomic E-state index is 0. The van der Waals surface area contributed by atoms with Gasteiger partial charge in [0, 0.05) is 9.90 Å². The van der Waals surface area contributed by atoms with Crippen LogP contribution in [0, 0.1) is 0 Å². The number of hydrogen-bond donors (Lipinski definition) is 1.